The van der Waals surface area contributed by atoms with E-state index >= 15 is 0 Å². The van der Waals surface area contributed by atoms with Crippen LogP contribution in [0.1, 0.15) is 17.3 Å². The van der Waals surface area contributed by atoms with Gasteiger partial charge < -0.3 is 0 Å². The maximum absolute atomic E-state index is 5.69. The molecule has 0 radical (unpaired) electrons. The fourth-order valence-electron chi connectivity index (χ4n) is 2.42. The van der Waals surface area contributed by atoms with Crippen molar-refractivity contribution in [2.75, 3.05) is 0 Å². The zero-order chi connectivity index (χ0) is 13.9. The highest BCUT2D eigenvalue weighted by Gasteiger charge is 2.14. The molecule has 0 amide bonds. The largest absolute Gasteiger partial charge is 0.275 e. The van der Waals surface area contributed by atoms with Crippen molar-refractivity contribution in [3.05, 3.63) is 60.0 Å². The Balaban J connectivity index is 1.95. The van der Waals surface area contributed by atoms with Crippen LogP contribution >= 0.6 is 0 Å². The molecule has 0 saturated carbocycles. The number of benzene rings is 1. The molecule has 1 aromatic carbocycles. The third-order valence-corrected chi connectivity index (χ3v) is 3.46. The van der Waals surface area contributed by atoms with Gasteiger partial charge in [0.1, 0.15) is 0 Å². The number of hydrogen-bond acceptors (Lipinski definition) is 4. The molecule has 0 spiro atoms. The third kappa shape index (κ3) is 2.41. The molecule has 0 aliphatic heterocycles. The number of rotatable bonds is 4. The fraction of sp³-hybridized carbons (Fsp3) is 0.200. The van der Waals surface area contributed by atoms with Gasteiger partial charge in [0, 0.05) is 24.8 Å². The number of para-hydroxylation sites is 1. The molecule has 0 saturated heterocycles. The lowest BCUT2D eigenvalue weighted by atomic mass is 10.0. The smallest absolute Gasteiger partial charge is 0.0810 e. The summed E-state index contributed by atoms with van der Waals surface area (Å²) in [6.07, 6.45) is 4.53. The minimum atomic E-state index is -0.0120. The maximum Gasteiger partial charge on any atom is 0.0810 e. The Kier molecular flexibility index (Phi) is 3.45. The SMILES string of the molecule is Cn1ccc(C(Cc2ccnc3ccccc23)NN)n1. The molecule has 1 unspecified atom stereocenters. The van der Waals surface area contributed by atoms with E-state index in [1.807, 2.05) is 49.8 Å². The highest BCUT2D eigenvalue weighted by Crippen LogP contribution is 2.22. The molecule has 0 fully saturated rings. The zero-order valence-corrected chi connectivity index (χ0v) is 11.3. The van der Waals surface area contributed by atoms with Gasteiger partial charge in [0.15, 0.2) is 0 Å². The summed E-state index contributed by atoms with van der Waals surface area (Å²) in [5.74, 6) is 5.69. The number of aryl methyl sites for hydroxylation is 1. The molecular formula is C15H17N5. The lowest BCUT2D eigenvalue weighted by Crippen LogP contribution is -2.30. The molecule has 3 aromatic rings. The van der Waals surface area contributed by atoms with Crippen LogP contribution in [0.5, 0.6) is 0 Å². The Morgan fingerprint density at radius 2 is 2.10 bits per heavy atom. The highest BCUT2D eigenvalue weighted by molar-refractivity contribution is 5.81. The zero-order valence-electron chi connectivity index (χ0n) is 11.3. The van der Waals surface area contributed by atoms with Crippen LogP contribution < -0.4 is 11.3 Å². The Bertz CT molecular complexity index is 714. The second kappa shape index (κ2) is 5.40. The van der Waals surface area contributed by atoms with Crippen molar-refractivity contribution in [1.82, 2.24) is 20.2 Å². The summed E-state index contributed by atoms with van der Waals surface area (Å²) < 4.78 is 1.78. The van der Waals surface area contributed by atoms with Crippen molar-refractivity contribution in [3.63, 3.8) is 0 Å². The fourth-order valence-corrected chi connectivity index (χ4v) is 2.42. The van der Waals surface area contributed by atoms with Gasteiger partial charge in [-0.05, 0) is 30.2 Å². The average Bonchev–Trinajstić information content (AvgIpc) is 2.91. The first-order chi connectivity index (χ1) is 9.78. The van der Waals surface area contributed by atoms with E-state index in [-0.39, 0.29) is 6.04 Å². The molecule has 0 aliphatic rings. The topological polar surface area (TPSA) is 68.8 Å². The van der Waals surface area contributed by atoms with Crippen LogP contribution in [-0.4, -0.2) is 14.8 Å². The summed E-state index contributed by atoms with van der Waals surface area (Å²) in [6.45, 7) is 0. The van der Waals surface area contributed by atoms with E-state index in [1.165, 1.54) is 5.56 Å². The van der Waals surface area contributed by atoms with E-state index in [9.17, 15) is 0 Å². The summed E-state index contributed by atoms with van der Waals surface area (Å²) >= 11 is 0. The van der Waals surface area contributed by atoms with Crippen molar-refractivity contribution in [3.8, 4) is 0 Å². The van der Waals surface area contributed by atoms with Gasteiger partial charge in [-0.3, -0.25) is 20.9 Å². The molecule has 1 atom stereocenters. The summed E-state index contributed by atoms with van der Waals surface area (Å²) in [4.78, 5) is 4.38. The number of fused-ring (bicyclic) bond motifs is 1. The number of aromatic nitrogens is 3. The Hall–Kier alpha value is -2.24. The predicted molar refractivity (Wildman–Crippen MR) is 78.7 cm³/mol. The van der Waals surface area contributed by atoms with Gasteiger partial charge in [-0.25, -0.2) is 0 Å². The van der Waals surface area contributed by atoms with Crippen molar-refractivity contribution >= 4 is 10.9 Å². The van der Waals surface area contributed by atoms with Crippen molar-refractivity contribution in [2.24, 2.45) is 12.9 Å². The first-order valence-corrected chi connectivity index (χ1v) is 6.56. The van der Waals surface area contributed by atoms with Crippen molar-refractivity contribution < 1.29 is 0 Å². The molecule has 0 bridgehead atoms. The first kappa shape index (κ1) is 12.8. The molecular weight excluding hydrogens is 250 g/mol. The average molecular weight is 267 g/mol. The molecule has 3 rings (SSSR count). The van der Waals surface area contributed by atoms with Crippen LogP contribution in [0.25, 0.3) is 10.9 Å². The Morgan fingerprint density at radius 1 is 1.25 bits per heavy atom. The Labute approximate surface area is 117 Å². The number of hydrazine groups is 1. The predicted octanol–water partition coefficient (Wildman–Crippen LogP) is 1.72. The minimum absolute atomic E-state index is 0.0120. The van der Waals surface area contributed by atoms with Crippen LogP contribution in [0.2, 0.25) is 0 Å². The van der Waals surface area contributed by atoms with Gasteiger partial charge in [0.2, 0.25) is 0 Å². The number of nitrogens with zero attached hydrogens (tertiary/aromatic N) is 3. The van der Waals surface area contributed by atoms with Crippen LogP contribution in [-0.2, 0) is 13.5 Å². The van der Waals surface area contributed by atoms with Gasteiger partial charge in [-0.2, -0.15) is 5.10 Å². The van der Waals surface area contributed by atoms with Gasteiger partial charge in [-0.1, -0.05) is 18.2 Å². The second-order valence-electron chi connectivity index (χ2n) is 4.82. The molecule has 20 heavy (non-hydrogen) atoms. The maximum atomic E-state index is 5.69. The molecule has 0 aliphatic carbocycles. The van der Waals surface area contributed by atoms with Crippen molar-refractivity contribution in [1.29, 1.82) is 0 Å². The summed E-state index contributed by atoms with van der Waals surface area (Å²) in [5, 5.41) is 5.58. The summed E-state index contributed by atoms with van der Waals surface area (Å²) in [5.41, 5.74) is 6.00. The minimum Gasteiger partial charge on any atom is -0.275 e. The van der Waals surface area contributed by atoms with E-state index in [2.05, 4.69) is 21.6 Å². The van der Waals surface area contributed by atoms with Crippen LogP contribution in [0.15, 0.2) is 48.8 Å². The van der Waals surface area contributed by atoms with Gasteiger partial charge in [-0.15, -0.1) is 0 Å². The summed E-state index contributed by atoms with van der Waals surface area (Å²) in [7, 11) is 1.90. The Morgan fingerprint density at radius 3 is 2.85 bits per heavy atom. The molecule has 5 heteroatoms. The number of pyridine rings is 1. The van der Waals surface area contributed by atoms with E-state index in [0.717, 1.165) is 23.0 Å². The molecule has 3 N–H and O–H groups in total. The van der Waals surface area contributed by atoms with E-state index in [1.54, 1.807) is 4.68 Å². The van der Waals surface area contributed by atoms with Crippen LogP contribution in [0.3, 0.4) is 0 Å². The first-order valence-electron chi connectivity index (χ1n) is 6.56. The number of hydrogen-bond donors (Lipinski definition) is 2. The van der Waals surface area contributed by atoms with Crippen LogP contribution in [0, 0.1) is 0 Å². The number of nitrogens with one attached hydrogen (secondary N) is 1. The van der Waals surface area contributed by atoms with E-state index in [4.69, 9.17) is 5.84 Å². The van der Waals surface area contributed by atoms with Crippen molar-refractivity contribution in [2.45, 2.75) is 12.5 Å². The molecule has 2 heterocycles. The molecule has 5 nitrogen and oxygen atoms in total. The monoisotopic (exact) mass is 267 g/mol. The standard InChI is InChI=1S/C15H17N5/c1-20-9-7-14(19-20)15(18-16)10-11-6-8-17-13-5-3-2-4-12(11)13/h2-9,15,18H,10,16H2,1H3. The van der Waals surface area contributed by atoms with Gasteiger partial charge in [0.05, 0.1) is 17.3 Å². The van der Waals surface area contributed by atoms with Gasteiger partial charge in [0.25, 0.3) is 0 Å². The highest BCUT2D eigenvalue weighted by atomic mass is 15.3. The number of nitrogens with two attached hydrogens (primary N) is 1. The lowest BCUT2D eigenvalue weighted by Gasteiger charge is -2.14. The molecule has 2 aromatic heterocycles. The molecule has 102 valence electrons. The lowest BCUT2D eigenvalue weighted by molar-refractivity contribution is 0.530. The second-order valence-corrected chi connectivity index (χ2v) is 4.82. The normalized spacial score (nSPS) is 12.7. The third-order valence-electron chi connectivity index (χ3n) is 3.46. The summed E-state index contributed by atoms with van der Waals surface area (Å²) in [6, 6.07) is 12.1. The van der Waals surface area contributed by atoms with E-state index < -0.39 is 0 Å². The van der Waals surface area contributed by atoms with Crippen LogP contribution in [0.4, 0.5) is 0 Å². The quantitative estimate of drug-likeness (QED) is 0.558. The van der Waals surface area contributed by atoms with Gasteiger partial charge >= 0.3 is 0 Å². The van der Waals surface area contributed by atoms with E-state index in [0.29, 0.717) is 0 Å².